The van der Waals surface area contributed by atoms with Crippen LogP contribution in [0.1, 0.15) is 40.9 Å². The third-order valence-corrected chi connectivity index (χ3v) is 7.29. The summed E-state index contributed by atoms with van der Waals surface area (Å²) in [5, 5.41) is 35.4. The van der Waals surface area contributed by atoms with Gasteiger partial charge in [-0.2, -0.15) is 0 Å². The molecule has 1 aliphatic heterocycles. The normalized spacial score (nSPS) is 25.5. The van der Waals surface area contributed by atoms with Crippen molar-refractivity contribution in [1.82, 2.24) is 15.2 Å². The highest BCUT2D eigenvalue weighted by Gasteiger charge is 2.45. The summed E-state index contributed by atoms with van der Waals surface area (Å²) in [7, 11) is 0. The van der Waals surface area contributed by atoms with E-state index in [4.69, 9.17) is 11.6 Å². The largest absolute Gasteiger partial charge is 0.480 e. The zero-order valence-corrected chi connectivity index (χ0v) is 20.0. The molecule has 2 aliphatic rings. The van der Waals surface area contributed by atoms with E-state index >= 15 is 0 Å². The number of nitrogens with zero attached hydrogens (tertiary/aromatic N) is 1. The number of fused-ring (bicyclic) bond motifs is 2. The quantitative estimate of drug-likeness (QED) is 0.355. The number of halogens is 1. The summed E-state index contributed by atoms with van der Waals surface area (Å²) in [6, 6.07) is 12.5. The number of aromatic nitrogens is 1. The van der Waals surface area contributed by atoms with Gasteiger partial charge < -0.3 is 30.5 Å². The summed E-state index contributed by atoms with van der Waals surface area (Å²) in [6.45, 7) is -0.0991. The number of rotatable bonds is 5. The van der Waals surface area contributed by atoms with Gasteiger partial charge in [0.15, 0.2) is 0 Å². The smallest absolute Gasteiger partial charge is 0.326 e. The number of carboxylic acid groups (broad SMARTS) is 1. The predicted octanol–water partition coefficient (Wildman–Crippen LogP) is 2.19. The number of likely N-dealkylation sites (tertiary alicyclic amines) is 1. The van der Waals surface area contributed by atoms with Crippen molar-refractivity contribution < 1.29 is 29.7 Å². The zero-order valence-electron chi connectivity index (χ0n) is 19.3. The standard InChI is InChI=1S/C26H26ClN3O6/c27-16-5-6-20-15(7-16)9-21(29-20)24(33)28-17-8-14-3-1-2-4-19(14)26(36,11-17)12-23(32)30-13-18(31)10-22(30)25(34)35/h1-7,9,17-18,22,29,31,36H,8,10-13H2,(H,28,33)(H,34,35)/t17?,18-,22+,26+/m1/s1. The monoisotopic (exact) mass is 511 g/mol. The SMILES string of the molecule is O=C(NC1Cc2ccccc2[C@@](O)(CC(=O)N2C[C@H](O)C[C@H]2C(=O)O)C1)c1cc2cc(Cl)ccc2[nH]1. The first-order valence-corrected chi connectivity index (χ1v) is 12.1. The molecule has 1 aliphatic carbocycles. The molecule has 0 radical (unpaired) electrons. The maximum absolute atomic E-state index is 13.2. The van der Waals surface area contributed by atoms with Gasteiger partial charge in [-0.3, -0.25) is 9.59 Å². The van der Waals surface area contributed by atoms with Crippen LogP contribution in [0.25, 0.3) is 10.9 Å². The lowest BCUT2D eigenvalue weighted by Gasteiger charge is -2.39. The lowest BCUT2D eigenvalue weighted by Crippen LogP contribution is -2.49. The average Bonchev–Trinajstić information content (AvgIpc) is 3.42. The average molecular weight is 512 g/mol. The zero-order chi connectivity index (χ0) is 25.6. The number of aliphatic hydroxyl groups excluding tert-OH is 1. The van der Waals surface area contributed by atoms with E-state index in [9.17, 15) is 29.7 Å². The molecule has 5 N–H and O–H groups in total. The van der Waals surface area contributed by atoms with Crippen molar-refractivity contribution in [1.29, 1.82) is 0 Å². The lowest BCUT2D eigenvalue weighted by atomic mass is 9.74. The summed E-state index contributed by atoms with van der Waals surface area (Å²) in [4.78, 5) is 42.0. The van der Waals surface area contributed by atoms with Gasteiger partial charge in [-0.15, -0.1) is 0 Å². The van der Waals surface area contributed by atoms with Gasteiger partial charge in [0, 0.05) is 41.4 Å². The Kier molecular flexibility index (Phi) is 6.23. The van der Waals surface area contributed by atoms with Gasteiger partial charge >= 0.3 is 5.97 Å². The fourth-order valence-electron chi connectivity index (χ4n) is 5.44. The molecule has 5 rings (SSSR count). The highest BCUT2D eigenvalue weighted by molar-refractivity contribution is 6.31. The second-order valence-electron chi connectivity index (χ2n) is 9.65. The van der Waals surface area contributed by atoms with Crippen LogP contribution in [-0.2, 0) is 21.6 Å². The molecular weight excluding hydrogens is 486 g/mol. The molecule has 0 saturated carbocycles. The van der Waals surface area contributed by atoms with Gasteiger partial charge in [-0.05, 0) is 41.8 Å². The van der Waals surface area contributed by atoms with Crippen LogP contribution in [0, 0.1) is 0 Å². The second kappa shape index (κ2) is 9.24. The molecule has 1 unspecified atom stereocenters. The van der Waals surface area contributed by atoms with Crippen molar-refractivity contribution in [2.45, 2.75) is 49.5 Å². The van der Waals surface area contributed by atoms with Crippen molar-refractivity contribution in [3.63, 3.8) is 0 Å². The number of hydrogen-bond acceptors (Lipinski definition) is 5. The van der Waals surface area contributed by atoms with Gasteiger partial charge in [0.05, 0.1) is 12.5 Å². The van der Waals surface area contributed by atoms with E-state index in [0.29, 0.717) is 22.7 Å². The molecule has 9 nitrogen and oxygen atoms in total. The van der Waals surface area contributed by atoms with Crippen molar-refractivity contribution in [2.75, 3.05) is 6.54 Å². The molecule has 0 spiro atoms. The number of benzene rings is 2. The number of β-amino-alcohol motifs (C(OH)–C–C–N with tert-alkyl or cyclic N) is 1. The fourth-order valence-corrected chi connectivity index (χ4v) is 5.62. The Morgan fingerprint density at radius 3 is 2.72 bits per heavy atom. The van der Waals surface area contributed by atoms with E-state index in [1.165, 1.54) is 0 Å². The van der Waals surface area contributed by atoms with Crippen LogP contribution < -0.4 is 5.32 Å². The van der Waals surface area contributed by atoms with E-state index in [1.807, 2.05) is 12.1 Å². The van der Waals surface area contributed by atoms with Crippen LogP contribution in [0.5, 0.6) is 0 Å². The van der Waals surface area contributed by atoms with Crippen molar-refractivity contribution in [3.05, 3.63) is 70.4 Å². The minimum absolute atomic E-state index is 0.0511. The maximum atomic E-state index is 13.2. The van der Waals surface area contributed by atoms with E-state index in [1.54, 1.807) is 36.4 Å². The number of carbonyl (C=O) groups is 3. The number of hydrogen-bond donors (Lipinski definition) is 5. The fraction of sp³-hybridized carbons (Fsp3) is 0.346. The van der Waals surface area contributed by atoms with E-state index in [-0.39, 0.29) is 31.7 Å². The van der Waals surface area contributed by atoms with E-state index in [2.05, 4.69) is 10.3 Å². The summed E-state index contributed by atoms with van der Waals surface area (Å²) < 4.78 is 0. The highest BCUT2D eigenvalue weighted by Crippen LogP contribution is 2.39. The summed E-state index contributed by atoms with van der Waals surface area (Å²) in [6.07, 6.45) is -0.809. The third-order valence-electron chi connectivity index (χ3n) is 7.06. The molecule has 2 heterocycles. The molecule has 36 heavy (non-hydrogen) atoms. The molecule has 2 aromatic carbocycles. The Bertz CT molecular complexity index is 1360. The van der Waals surface area contributed by atoms with Crippen LogP contribution in [-0.4, -0.2) is 67.7 Å². The maximum Gasteiger partial charge on any atom is 0.326 e. The van der Waals surface area contributed by atoms with Crippen LogP contribution in [0.3, 0.4) is 0 Å². The first-order chi connectivity index (χ1) is 17.1. The van der Waals surface area contributed by atoms with Crippen molar-refractivity contribution in [3.8, 4) is 0 Å². The van der Waals surface area contributed by atoms with Crippen molar-refractivity contribution >= 4 is 40.3 Å². The number of carbonyl (C=O) groups excluding carboxylic acids is 2. The Balaban J connectivity index is 1.37. The number of aliphatic hydroxyl groups is 2. The van der Waals surface area contributed by atoms with E-state index in [0.717, 1.165) is 21.4 Å². The lowest BCUT2D eigenvalue weighted by molar-refractivity contribution is -0.151. The molecule has 4 atom stereocenters. The highest BCUT2D eigenvalue weighted by atomic mass is 35.5. The molecule has 1 aromatic heterocycles. The molecule has 188 valence electrons. The molecule has 2 amide bonds. The third kappa shape index (κ3) is 4.57. The van der Waals surface area contributed by atoms with Gasteiger partial charge in [-0.25, -0.2) is 4.79 Å². The summed E-state index contributed by atoms with van der Waals surface area (Å²) in [5.74, 6) is -2.11. The minimum Gasteiger partial charge on any atom is -0.480 e. The minimum atomic E-state index is -1.62. The first-order valence-electron chi connectivity index (χ1n) is 11.7. The summed E-state index contributed by atoms with van der Waals surface area (Å²) >= 11 is 6.05. The topological polar surface area (TPSA) is 143 Å². The van der Waals surface area contributed by atoms with Crippen LogP contribution in [0.2, 0.25) is 5.02 Å². The molecule has 3 aromatic rings. The number of nitrogens with one attached hydrogen (secondary N) is 2. The molecular formula is C26H26ClN3O6. The van der Waals surface area contributed by atoms with Crippen LogP contribution in [0.15, 0.2) is 48.5 Å². The summed E-state index contributed by atoms with van der Waals surface area (Å²) in [5.41, 5.74) is 0.872. The predicted molar refractivity (Wildman–Crippen MR) is 132 cm³/mol. The van der Waals surface area contributed by atoms with Gasteiger partial charge in [-0.1, -0.05) is 35.9 Å². The van der Waals surface area contributed by atoms with Gasteiger partial charge in [0.1, 0.15) is 17.3 Å². The number of aliphatic carboxylic acids is 1. The number of amides is 2. The number of carboxylic acids is 1. The van der Waals surface area contributed by atoms with E-state index < -0.39 is 35.7 Å². The van der Waals surface area contributed by atoms with Crippen molar-refractivity contribution in [2.24, 2.45) is 0 Å². The first kappa shape index (κ1) is 24.3. The molecule has 1 saturated heterocycles. The Labute approximate surface area is 211 Å². The Hall–Kier alpha value is -3.40. The second-order valence-corrected chi connectivity index (χ2v) is 10.1. The molecule has 0 bridgehead atoms. The number of aromatic amines is 1. The Morgan fingerprint density at radius 1 is 1.17 bits per heavy atom. The van der Waals surface area contributed by atoms with Gasteiger partial charge in [0.2, 0.25) is 5.91 Å². The van der Waals surface area contributed by atoms with Crippen LogP contribution in [0.4, 0.5) is 0 Å². The molecule has 10 heteroatoms. The van der Waals surface area contributed by atoms with Crippen LogP contribution >= 0.6 is 11.6 Å². The Morgan fingerprint density at radius 2 is 1.94 bits per heavy atom. The number of H-pyrrole nitrogens is 1. The molecule has 1 fully saturated rings. The van der Waals surface area contributed by atoms with Gasteiger partial charge in [0.25, 0.3) is 5.91 Å².